The molecule has 0 bridgehead atoms. The van der Waals surface area contributed by atoms with E-state index in [1.165, 1.54) is 0 Å². The van der Waals surface area contributed by atoms with Crippen molar-refractivity contribution in [3.63, 3.8) is 0 Å². The molecule has 1 heterocycles. The van der Waals surface area contributed by atoms with Crippen LogP contribution in [0.2, 0.25) is 0 Å². The van der Waals surface area contributed by atoms with Gasteiger partial charge in [-0.3, -0.25) is 15.0 Å². The van der Waals surface area contributed by atoms with Crippen LogP contribution in [-0.2, 0) is 0 Å². The van der Waals surface area contributed by atoms with Crippen LogP contribution in [-0.4, -0.2) is 35.2 Å². The molecule has 0 saturated carbocycles. The predicted molar refractivity (Wildman–Crippen MR) is 73.5 cm³/mol. The predicted octanol–water partition coefficient (Wildman–Crippen LogP) is 1.99. The van der Waals surface area contributed by atoms with Crippen LogP contribution in [0.15, 0.2) is 24.3 Å². The minimum absolute atomic E-state index is 0.148. The van der Waals surface area contributed by atoms with Gasteiger partial charge in [-0.25, -0.2) is 0 Å². The SMILES string of the molecule is NCCCN1CCSC1c1ccc([N+](=O)[O-])cc1. The Morgan fingerprint density at radius 2 is 2.17 bits per heavy atom. The molecule has 1 saturated heterocycles. The molecule has 0 aromatic heterocycles. The summed E-state index contributed by atoms with van der Waals surface area (Å²) in [6, 6.07) is 6.87. The number of nitrogens with zero attached hydrogens (tertiary/aromatic N) is 2. The van der Waals surface area contributed by atoms with Gasteiger partial charge in [-0.15, -0.1) is 11.8 Å². The summed E-state index contributed by atoms with van der Waals surface area (Å²) in [5.41, 5.74) is 6.82. The van der Waals surface area contributed by atoms with Gasteiger partial charge in [0.1, 0.15) is 0 Å². The summed E-state index contributed by atoms with van der Waals surface area (Å²) in [6.45, 7) is 2.76. The van der Waals surface area contributed by atoms with Crippen LogP contribution in [0.5, 0.6) is 0 Å². The highest BCUT2D eigenvalue weighted by Crippen LogP contribution is 2.38. The van der Waals surface area contributed by atoms with Crippen molar-refractivity contribution in [1.82, 2.24) is 4.90 Å². The Balaban J connectivity index is 2.07. The van der Waals surface area contributed by atoms with Crippen LogP contribution in [0.25, 0.3) is 0 Å². The lowest BCUT2D eigenvalue weighted by molar-refractivity contribution is -0.384. The molecule has 5 nitrogen and oxygen atoms in total. The first-order chi connectivity index (χ1) is 8.72. The van der Waals surface area contributed by atoms with E-state index in [-0.39, 0.29) is 10.6 Å². The van der Waals surface area contributed by atoms with Gasteiger partial charge in [0, 0.05) is 31.0 Å². The quantitative estimate of drug-likeness (QED) is 0.652. The van der Waals surface area contributed by atoms with Gasteiger partial charge in [-0.05, 0) is 30.7 Å². The van der Waals surface area contributed by atoms with Gasteiger partial charge in [0.15, 0.2) is 0 Å². The maximum absolute atomic E-state index is 10.6. The molecule has 18 heavy (non-hydrogen) atoms. The van der Waals surface area contributed by atoms with Crippen molar-refractivity contribution >= 4 is 17.4 Å². The number of non-ortho nitro benzene ring substituents is 1. The topological polar surface area (TPSA) is 72.4 Å². The summed E-state index contributed by atoms with van der Waals surface area (Å²) in [5, 5.41) is 10.9. The van der Waals surface area contributed by atoms with Crippen LogP contribution in [0.1, 0.15) is 17.4 Å². The number of benzene rings is 1. The van der Waals surface area contributed by atoms with E-state index in [0.717, 1.165) is 30.8 Å². The van der Waals surface area contributed by atoms with Gasteiger partial charge in [0.05, 0.1) is 10.3 Å². The lowest BCUT2D eigenvalue weighted by Crippen LogP contribution is -2.25. The Hall–Kier alpha value is -1.11. The molecular weight excluding hydrogens is 250 g/mol. The van der Waals surface area contributed by atoms with Crippen molar-refractivity contribution in [2.24, 2.45) is 5.73 Å². The van der Waals surface area contributed by atoms with E-state index < -0.39 is 0 Å². The fourth-order valence-corrected chi connectivity index (χ4v) is 3.43. The van der Waals surface area contributed by atoms with Crippen molar-refractivity contribution in [2.45, 2.75) is 11.8 Å². The second-order valence-electron chi connectivity index (χ2n) is 4.25. The lowest BCUT2D eigenvalue weighted by Gasteiger charge is -2.23. The highest BCUT2D eigenvalue weighted by atomic mass is 32.2. The second kappa shape index (κ2) is 6.17. The number of hydrogen-bond acceptors (Lipinski definition) is 5. The molecule has 0 aliphatic carbocycles. The molecule has 2 rings (SSSR count). The van der Waals surface area contributed by atoms with Gasteiger partial charge in [-0.2, -0.15) is 0 Å². The highest BCUT2D eigenvalue weighted by molar-refractivity contribution is 7.99. The average Bonchev–Trinajstić information content (AvgIpc) is 2.84. The van der Waals surface area contributed by atoms with E-state index in [2.05, 4.69) is 4.90 Å². The molecule has 1 atom stereocenters. The summed E-state index contributed by atoms with van der Waals surface area (Å²) in [6.07, 6.45) is 0.990. The third-order valence-electron chi connectivity index (χ3n) is 3.02. The molecule has 1 aromatic rings. The largest absolute Gasteiger partial charge is 0.330 e. The first-order valence-electron chi connectivity index (χ1n) is 6.02. The zero-order chi connectivity index (χ0) is 13.0. The average molecular weight is 267 g/mol. The van der Waals surface area contributed by atoms with E-state index >= 15 is 0 Å². The Morgan fingerprint density at radius 1 is 1.44 bits per heavy atom. The maximum Gasteiger partial charge on any atom is 0.269 e. The van der Waals surface area contributed by atoms with Crippen LogP contribution in [0, 0.1) is 10.1 Å². The lowest BCUT2D eigenvalue weighted by atomic mass is 10.2. The molecular formula is C12H17N3O2S. The van der Waals surface area contributed by atoms with Crippen molar-refractivity contribution in [3.05, 3.63) is 39.9 Å². The van der Waals surface area contributed by atoms with Crippen molar-refractivity contribution in [2.75, 3.05) is 25.4 Å². The fourth-order valence-electron chi connectivity index (χ4n) is 2.10. The van der Waals surface area contributed by atoms with Crippen molar-refractivity contribution in [1.29, 1.82) is 0 Å². The Bertz CT molecular complexity index is 410. The zero-order valence-electron chi connectivity index (χ0n) is 10.1. The summed E-state index contributed by atoms with van der Waals surface area (Å²) >= 11 is 1.88. The molecule has 6 heteroatoms. The number of nitro groups is 1. The first-order valence-corrected chi connectivity index (χ1v) is 7.07. The Morgan fingerprint density at radius 3 is 2.78 bits per heavy atom. The van der Waals surface area contributed by atoms with Crippen LogP contribution in [0.3, 0.4) is 0 Å². The normalized spacial score (nSPS) is 20.2. The van der Waals surface area contributed by atoms with Crippen LogP contribution < -0.4 is 5.73 Å². The van der Waals surface area contributed by atoms with Gasteiger partial charge in [-0.1, -0.05) is 0 Å². The van der Waals surface area contributed by atoms with E-state index in [9.17, 15) is 10.1 Å². The summed E-state index contributed by atoms with van der Waals surface area (Å²) < 4.78 is 0. The molecule has 1 fully saturated rings. The molecule has 1 aromatic carbocycles. The van der Waals surface area contributed by atoms with Gasteiger partial charge < -0.3 is 5.73 Å². The summed E-state index contributed by atoms with van der Waals surface area (Å²) in [7, 11) is 0. The number of rotatable bonds is 5. The van der Waals surface area contributed by atoms with Crippen LogP contribution in [0.4, 0.5) is 5.69 Å². The number of thioether (sulfide) groups is 1. The highest BCUT2D eigenvalue weighted by Gasteiger charge is 2.26. The second-order valence-corrected chi connectivity index (χ2v) is 5.44. The van der Waals surface area contributed by atoms with E-state index in [4.69, 9.17) is 5.73 Å². The van der Waals surface area contributed by atoms with Crippen molar-refractivity contribution < 1.29 is 4.92 Å². The van der Waals surface area contributed by atoms with E-state index in [1.807, 2.05) is 23.9 Å². The third-order valence-corrected chi connectivity index (χ3v) is 4.33. The molecule has 1 aliphatic rings. The molecule has 1 unspecified atom stereocenters. The zero-order valence-corrected chi connectivity index (χ0v) is 10.9. The van der Waals surface area contributed by atoms with Gasteiger partial charge in [0.25, 0.3) is 5.69 Å². The monoisotopic (exact) mass is 267 g/mol. The molecule has 2 N–H and O–H groups in total. The molecule has 0 spiro atoms. The number of hydrogen-bond donors (Lipinski definition) is 1. The molecule has 1 aliphatic heterocycles. The first kappa shape index (κ1) is 13.3. The minimum atomic E-state index is -0.363. The number of nitro benzene ring substituents is 1. The van der Waals surface area contributed by atoms with Gasteiger partial charge in [0.2, 0.25) is 0 Å². The minimum Gasteiger partial charge on any atom is -0.330 e. The van der Waals surface area contributed by atoms with Crippen LogP contribution >= 0.6 is 11.8 Å². The standard InChI is InChI=1S/C12H17N3O2S/c13-6-1-7-14-8-9-18-12(14)10-2-4-11(5-3-10)15(16)17/h2-5,12H,1,6-9,13H2. The summed E-state index contributed by atoms with van der Waals surface area (Å²) in [5.74, 6) is 1.10. The van der Waals surface area contributed by atoms with Gasteiger partial charge >= 0.3 is 0 Å². The molecule has 0 amide bonds. The smallest absolute Gasteiger partial charge is 0.269 e. The molecule has 98 valence electrons. The Kier molecular flexibility index (Phi) is 4.57. The van der Waals surface area contributed by atoms with E-state index in [0.29, 0.717) is 11.9 Å². The molecule has 0 radical (unpaired) electrons. The summed E-state index contributed by atoms with van der Waals surface area (Å²) in [4.78, 5) is 12.6. The van der Waals surface area contributed by atoms with E-state index in [1.54, 1.807) is 12.1 Å². The maximum atomic E-state index is 10.6. The number of nitrogens with two attached hydrogens (primary N) is 1. The Labute approximate surface area is 110 Å². The third kappa shape index (κ3) is 3.01. The fraction of sp³-hybridized carbons (Fsp3) is 0.500. The van der Waals surface area contributed by atoms with Crippen molar-refractivity contribution in [3.8, 4) is 0 Å².